The van der Waals surface area contributed by atoms with Gasteiger partial charge in [-0.05, 0) is 67.9 Å². The molecule has 2 fully saturated rings. The number of thiophene rings is 1. The van der Waals surface area contributed by atoms with Crippen molar-refractivity contribution in [2.24, 2.45) is 0 Å². The van der Waals surface area contributed by atoms with Crippen molar-refractivity contribution in [1.29, 1.82) is 0 Å². The third kappa shape index (κ3) is 3.48. The highest BCUT2D eigenvalue weighted by molar-refractivity contribution is 7.13. The van der Waals surface area contributed by atoms with Crippen LogP contribution in [0.2, 0.25) is 0 Å². The number of carbonyl (C=O) groups is 1. The van der Waals surface area contributed by atoms with E-state index in [1.165, 1.54) is 18.9 Å². The molecule has 0 aliphatic carbocycles. The number of rotatable bonds is 4. The average molecular weight is 358 g/mol. The van der Waals surface area contributed by atoms with Crippen LogP contribution in [0.5, 0.6) is 0 Å². The van der Waals surface area contributed by atoms with Crippen LogP contribution in [-0.4, -0.2) is 47.9 Å². The van der Waals surface area contributed by atoms with Crippen LogP contribution in [0.1, 0.15) is 36.0 Å². The van der Waals surface area contributed by atoms with Gasteiger partial charge in [-0.3, -0.25) is 4.79 Å². The fourth-order valence-electron chi connectivity index (χ4n) is 4.00. The summed E-state index contributed by atoms with van der Waals surface area (Å²) in [7, 11) is 0. The zero-order chi connectivity index (χ0) is 17.2. The molecule has 1 aromatic carbocycles. The summed E-state index contributed by atoms with van der Waals surface area (Å²) in [5.74, 6) is -0.570. The smallest absolute Gasteiger partial charge is 0.257 e. The van der Waals surface area contributed by atoms with E-state index in [-0.39, 0.29) is 17.5 Å². The summed E-state index contributed by atoms with van der Waals surface area (Å²) in [6, 6.07) is 9.13. The van der Waals surface area contributed by atoms with Gasteiger partial charge in [-0.15, -0.1) is 11.3 Å². The molecule has 4 rings (SSSR count). The minimum atomic E-state index is -0.414. The van der Waals surface area contributed by atoms with Crippen LogP contribution in [0.15, 0.2) is 35.7 Å². The van der Waals surface area contributed by atoms with Crippen LogP contribution < -0.4 is 0 Å². The Morgan fingerprint density at radius 2 is 2.00 bits per heavy atom. The van der Waals surface area contributed by atoms with Crippen LogP contribution in [0.25, 0.3) is 10.4 Å². The van der Waals surface area contributed by atoms with Crippen molar-refractivity contribution in [2.45, 2.75) is 31.7 Å². The Kier molecular flexibility index (Phi) is 4.86. The van der Waals surface area contributed by atoms with Gasteiger partial charge in [-0.2, -0.15) is 0 Å². The number of hydrogen-bond donors (Lipinski definition) is 0. The van der Waals surface area contributed by atoms with Gasteiger partial charge >= 0.3 is 0 Å². The fourth-order valence-corrected chi connectivity index (χ4v) is 4.72. The van der Waals surface area contributed by atoms with E-state index in [4.69, 9.17) is 0 Å². The van der Waals surface area contributed by atoms with Crippen LogP contribution in [0.4, 0.5) is 4.39 Å². The molecule has 2 aromatic rings. The molecule has 3 nitrogen and oxygen atoms in total. The Labute approximate surface area is 152 Å². The third-order valence-electron chi connectivity index (χ3n) is 5.31. The lowest BCUT2D eigenvalue weighted by Crippen LogP contribution is -2.42. The Morgan fingerprint density at radius 1 is 1.16 bits per heavy atom. The third-order valence-corrected chi connectivity index (χ3v) is 6.23. The van der Waals surface area contributed by atoms with Crippen LogP contribution in [-0.2, 0) is 0 Å². The Balaban J connectivity index is 1.51. The van der Waals surface area contributed by atoms with Crippen molar-refractivity contribution >= 4 is 17.2 Å². The van der Waals surface area contributed by atoms with Gasteiger partial charge in [0.05, 0.1) is 5.56 Å². The highest BCUT2D eigenvalue weighted by Gasteiger charge is 2.32. The summed E-state index contributed by atoms with van der Waals surface area (Å²) in [6.07, 6.45) is 4.54. The van der Waals surface area contributed by atoms with Crippen molar-refractivity contribution in [3.63, 3.8) is 0 Å². The Hall–Kier alpha value is -1.72. The number of likely N-dealkylation sites (tertiary alicyclic amines) is 2. The molecule has 1 amide bonds. The molecular weight excluding hydrogens is 335 g/mol. The predicted octanol–water partition coefficient (Wildman–Crippen LogP) is 4.25. The molecule has 2 aliphatic heterocycles. The van der Waals surface area contributed by atoms with E-state index in [0.717, 1.165) is 49.5 Å². The lowest BCUT2D eigenvalue weighted by molar-refractivity contribution is 0.0704. The maximum atomic E-state index is 14.6. The maximum absolute atomic E-state index is 14.6. The van der Waals surface area contributed by atoms with E-state index in [0.29, 0.717) is 0 Å². The van der Waals surface area contributed by atoms with Gasteiger partial charge in [0.15, 0.2) is 0 Å². The second-order valence-corrected chi connectivity index (χ2v) is 7.92. The molecule has 132 valence electrons. The largest absolute Gasteiger partial charge is 0.334 e. The second-order valence-electron chi connectivity index (χ2n) is 6.97. The molecular formula is C20H23FN2OS. The predicted molar refractivity (Wildman–Crippen MR) is 99.4 cm³/mol. The zero-order valence-electron chi connectivity index (χ0n) is 14.3. The van der Waals surface area contributed by atoms with E-state index >= 15 is 0 Å². The van der Waals surface area contributed by atoms with Gasteiger partial charge in [0.25, 0.3) is 5.91 Å². The summed E-state index contributed by atoms with van der Waals surface area (Å²) < 4.78 is 14.6. The minimum Gasteiger partial charge on any atom is -0.334 e. The monoisotopic (exact) mass is 358 g/mol. The summed E-state index contributed by atoms with van der Waals surface area (Å²) in [4.78, 5) is 18.3. The molecule has 25 heavy (non-hydrogen) atoms. The van der Waals surface area contributed by atoms with Gasteiger partial charge in [-0.1, -0.05) is 12.1 Å². The molecule has 2 saturated heterocycles. The van der Waals surface area contributed by atoms with Gasteiger partial charge in [0.2, 0.25) is 0 Å². The normalized spacial score (nSPS) is 21.2. The molecule has 0 radical (unpaired) electrons. The highest BCUT2D eigenvalue weighted by atomic mass is 32.1. The topological polar surface area (TPSA) is 23.6 Å². The first kappa shape index (κ1) is 16.7. The second kappa shape index (κ2) is 7.26. The highest BCUT2D eigenvalue weighted by Crippen LogP contribution is 2.28. The summed E-state index contributed by atoms with van der Waals surface area (Å²) in [5, 5.41) is 1.97. The molecule has 0 saturated carbocycles. The van der Waals surface area contributed by atoms with E-state index in [2.05, 4.69) is 4.90 Å². The van der Waals surface area contributed by atoms with Gasteiger partial charge in [0, 0.05) is 24.0 Å². The van der Waals surface area contributed by atoms with Crippen LogP contribution in [0.3, 0.4) is 0 Å². The molecule has 3 heterocycles. The summed E-state index contributed by atoms with van der Waals surface area (Å²) in [5.41, 5.74) is 1.03. The molecule has 1 atom stereocenters. The van der Waals surface area contributed by atoms with Gasteiger partial charge in [-0.25, -0.2) is 4.39 Å². The SMILES string of the molecule is O=C(c1ccc(-c2cccs2)cc1F)N1CCCC1CN1CCCC1. The zero-order valence-corrected chi connectivity index (χ0v) is 15.1. The summed E-state index contributed by atoms with van der Waals surface area (Å²) >= 11 is 1.57. The average Bonchev–Trinajstić information content (AvgIpc) is 3.37. The van der Waals surface area contributed by atoms with Crippen molar-refractivity contribution in [1.82, 2.24) is 9.80 Å². The number of amides is 1. The number of carbonyl (C=O) groups excluding carboxylic acids is 1. The lowest BCUT2D eigenvalue weighted by Gasteiger charge is -2.28. The molecule has 1 unspecified atom stereocenters. The van der Waals surface area contributed by atoms with Crippen molar-refractivity contribution in [2.75, 3.05) is 26.2 Å². The van der Waals surface area contributed by atoms with E-state index < -0.39 is 5.82 Å². The van der Waals surface area contributed by atoms with Crippen molar-refractivity contribution in [3.8, 4) is 10.4 Å². The number of halogens is 1. The maximum Gasteiger partial charge on any atom is 0.257 e. The van der Waals surface area contributed by atoms with E-state index in [1.807, 2.05) is 28.5 Å². The molecule has 2 aliphatic rings. The number of benzene rings is 1. The summed E-state index contributed by atoms with van der Waals surface area (Å²) in [6.45, 7) is 3.93. The van der Waals surface area contributed by atoms with Crippen molar-refractivity contribution < 1.29 is 9.18 Å². The Morgan fingerprint density at radius 3 is 2.72 bits per heavy atom. The first-order valence-electron chi connectivity index (χ1n) is 9.09. The van der Waals surface area contributed by atoms with Gasteiger partial charge < -0.3 is 9.80 Å². The molecule has 0 N–H and O–H groups in total. The first-order valence-corrected chi connectivity index (χ1v) is 9.97. The number of nitrogens with zero attached hydrogens (tertiary/aromatic N) is 2. The van der Waals surface area contributed by atoms with Gasteiger partial charge in [0.1, 0.15) is 5.82 Å². The molecule has 5 heteroatoms. The van der Waals surface area contributed by atoms with Crippen LogP contribution >= 0.6 is 11.3 Å². The van der Waals surface area contributed by atoms with Crippen LogP contribution in [0, 0.1) is 5.82 Å². The molecule has 0 bridgehead atoms. The molecule has 1 aromatic heterocycles. The Bertz CT molecular complexity index is 740. The molecule has 0 spiro atoms. The quantitative estimate of drug-likeness (QED) is 0.815. The van der Waals surface area contributed by atoms with E-state index in [9.17, 15) is 9.18 Å². The lowest BCUT2D eigenvalue weighted by atomic mass is 10.1. The van der Waals surface area contributed by atoms with Crippen molar-refractivity contribution in [3.05, 3.63) is 47.1 Å². The first-order chi connectivity index (χ1) is 12.2. The standard InChI is InChI=1S/C20H23FN2OS/c21-18-13-15(19-6-4-12-25-19)7-8-17(18)20(24)23-11-3-5-16(23)14-22-9-1-2-10-22/h4,6-8,12-13,16H,1-3,5,9-11,14H2. The minimum absolute atomic E-state index is 0.156. The van der Waals surface area contributed by atoms with E-state index in [1.54, 1.807) is 17.4 Å². The fraction of sp³-hybridized carbons (Fsp3) is 0.450. The number of hydrogen-bond acceptors (Lipinski definition) is 3.